The summed E-state index contributed by atoms with van der Waals surface area (Å²) in [4.78, 5) is 14.4. The number of nitrogens with one attached hydrogen (secondary N) is 1. The molecule has 0 bridgehead atoms. The summed E-state index contributed by atoms with van der Waals surface area (Å²) in [7, 11) is 0. The van der Waals surface area contributed by atoms with Gasteiger partial charge in [-0.15, -0.1) is 0 Å². The van der Waals surface area contributed by atoms with Crippen LogP contribution in [0.3, 0.4) is 0 Å². The number of hydrogen-bond acceptors (Lipinski definition) is 3. The lowest BCUT2D eigenvalue weighted by Gasteiger charge is -2.31. The summed E-state index contributed by atoms with van der Waals surface area (Å²) in [6, 6.07) is 6.00. The van der Waals surface area contributed by atoms with E-state index in [1.807, 2.05) is 23.1 Å². The van der Waals surface area contributed by atoms with E-state index in [4.69, 9.17) is 5.11 Å². The minimum absolute atomic E-state index is 0.134. The van der Waals surface area contributed by atoms with Gasteiger partial charge in [-0.3, -0.25) is 4.79 Å². The van der Waals surface area contributed by atoms with Crippen molar-refractivity contribution in [3.05, 3.63) is 29.3 Å². The Morgan fingerprint density at radius 1 is 1.35 bits per heavy atom. The van der Waals surface area contributed by atoms with Gasteiger partial charge in [0.1, 0.15) is 0 Å². The van der Waals surface area contributed by atoms with Crippen LogP contribution in [0.15, 0.2) is 18.2 Å². The molecule has 1 amide bonds. The molecule has 2 aliphatic rings. The van der Waals surface area contributed by atoms with Crippen LogP contribution in [0.4, 0.5) is 5.69 Å². The Morgan fingerprint density at radius 2 is 2.15 bits per heavy atom. The molecule has 0 atom stereocenters. The van der Waals surface area contributed by atoms with Crippen LogP contribution in [0.1, 0.15) is 35.2 Å². The normalized spacial score (nSPS) is 19.4. The predicted molar refractivity (Wildman–Crippen MR) is 79.0 cm³/mol. The molecule has 1 aromatic rings. The number of aliphatic hydroxyl groups excluding tert-OH is 1. The van der Waals surface area contributed by atoms with Gasteiger partial charge in [0.2, 0.25) is 0 Å². The Hall–Kier alpha value is -1.55. The number of fused-ring (bicyclic) bond motifs is 1. The molecule has 4 nitrogen and oxygen atoms in total. The lowest BCUT2D eigenvalue weighted by atomic mass is 9.96. The van der Waals surface area contributed by atoms with Gasteiger partial charge in [0.15, 0.2) is 0 Å². The van der Waals surface area contributed by atoms with Crippen molar-refractivity contribution in [2.45, 2.75) is 25.7 Å². The molecule has 2 heterocycles. The molecule has 3 rings (SSSR count). The number of benzene rings is 1. The molecule has 0 aliphatic carbocycles. The third kappa shape index (κ3) is 2.66. The highest BCUT2D eigenvalue weighted by molar-refractivity contribution is 5.95. The van der Waals surface area contributed by atoms with Gasteiger partial charge < -0.3 is 15.3 Å². The SMILES string of the molecule is O=C(c1ccc2c(c1)CCCN2)N1CCC(CO)CC1. The highest BCUT2D eigenvalue weighted by Crippen LogP contribution is 2.24. The second kappa shape index (κ2) is 5.83. The molecule has 0 aromatic heterocycles. The van der Waals surface area contributed by atoms with E-state index in [-0.39, 0.29) is 12.5 Å². The van der Waals surface area contributed by atoms with E-state index < -0.39 is 0 Å². The average molecular weight is 274 g/mol. The lowest BCUT2D eigenvalue weighted by Crippen LogP contribution is -2.39. The molecule has 0 radical (unpaired) electrons. The van der Waals surface area contributed by atoms with Crippen molar-refractivity contribution < 1.29 is 9.90 Å². The molecule has 4 heteroatoms. The standard InChI is InChI=1S/C16H22N2O2/c19-11-12-5-8-18(9-6-12)16(20)14-3-4-15-13(10-14)2-1-7-17-15/h3-4,10,12,17,19H,1-2,5-9,11H2. The first-order valence-electron chi connectivity index (χ1n) is 7.55. The number of amides is 1. The van der Waals surface area contributed by atoms with E-state index in [0.29, 0.717) is 5.92 Å². The Balaban J connectivity index is 1.71. The quantitative estimate of drug-likeness (QED) is 0.866. The smallest absolute Gasteiger partial charge is 0.253 e. The Morgan fingerprint density at radius 3 is 2.90 bits per heavy atom. The van der Waals surface area contributed by atoms with Crippen molar-refractivity contribution in [2.24, 2.45) is 5.92 Å². The van der Waals surface area contributed by atoms with Gasteiger partial charge in [0.25, 0.3) is 5.91 Å². The second-order valence-corrected chi connectivity index (χ2v) is 5.82. The van der Waals surface area contributed by atoms with Gasteiger partial charge in [-0.1, -0.05) is 0 Å². The lowest BCUT2D eigenvalue weighted by molar-refractivity contribution is 0.0651. The fraction of sp³-hybridized carbons (Fsp3) is 0.562. The average Bonchev–Trinajstić information content (AvgIpc) is 2.54. The summed E-state index contributed by atoms with van der Waals surface area (Å²) >= 11 is 0. The van der Waals surface area contributed by atoms with Crippen molar-refractivity contribution in [1.82, 2.24) is 4.90 Å². The summed E-state index contributed by atoms with van der Waals surface area (Å²) in [6.45, 7) is 2.79. The van der Waals surface area contributed by atoms with Crippen LogP contribution in [0.2, 0.25) is 0 Å². The zero-order valence-electron chi connectivity index (χ0n) is 11.8. The maximum atomic E-state index is 12.5. The van der Waals surface area contributed by atoms with Crippen LogP contribution in [0, 0.1) is 5.92 Å². The number of carbonyl (C=O) groups excluding carboxylic acids is 1. The molecule has 1 fully saturated rings. The first kappa shape index (κ1) is 13.4. The maximum Gasteiger partial charge on any atom is 0.253 e. The topological polar surface area (TPSA) is 52.6 Å². The van der Waals surface area contributed by atoms with Crippen LogP contribution in [-0.4, -0.2) is 42.2 Å². The van der Waals surface area contributed by atoms with Gasteiger partial charge in [-0.05, 0) is 55.4 Å². The van der Waals surface area contributed by atoms with Crippen LogP contribution in [0.25, 0.3) is 0 Å². The molecular formula is C16H22N2O2. The first-order valence-corrected chi connectivity index (χ1v) is 7.55. The van der Waals surface area contributed by atoms with E-state index in [0.717, 1.165) is 50.9 Å². The Bertz CT molecular complexity index is 493. The maximum absolute atomic E-state index is 12.5. The van der Waals surface area contributed by atoms with Gasteiger partial charge in [-0.2, -0.15) is 0 Å². The van der Waals surface area contributed by atoms with Crippen LogP contribution in [0.5, 0.6) is 0 Å². The van der Waals surface area contributed by atoms with Crippen molar-refractivity contribution in [3.8, 4) is 0 Å². The zero-order chi connectivity index (χ0) is 13.9. The number of rotatable bonds is 2. The minimum Gasteiger partial charge on any atom is -0.396 e. The van der Waals surface area contributed by atoms with Crippen LogP contribution in [-0.2, 0) is 6.42 Å². The van der Waals surface area contributed by atoms with Crippen LogP contribution >= 0.6 is 0 Å². The Labute approximate surface area is 119 Å². The molecule has 108 valence electrons. The van der Waals surface area contributed by atoms with E-state index in [1.54, 1.807) is 0 Å². The second-order valence-electron chi connectivity index (χ2n) is 5.82. The van der Waals surface area contributed by atoms with Crippen molar-refractivity contribution >= 4 is 11.6 Å². The van der Waals surface area contributed by atoms with Gasteiger partial charge in [-0.25, -0.2) is 0 Å². The molecule has 0 saturated carbocycles. The molecule has 0 unspecified atom stereocenters. The van der Waals surface area contributed by atoms with E-state index in [2.05, 4.69) is 5.32 Å². The van der Waals surface area contributed by atoms with Gasteiger partial charge in [0.05, 0.1) is 0 Å². The third-order valence-corrected chi connectivity index (χ3v) is 4.45. The number of aliphatic hydroxyl groups is 1. The number of likely N-dealkylation sites (tertiary alicyclic amines) is 1. The highest BCUT2D eigenvalue weighted by atomic mass is 16.3. The molecular weight excluding hydrogens is 252 g/mol. The summed E-state index contributed by atoms with van der Waals surface area (Å²) in [6.07, 6.45) is 4.01. The molecule has 0 spiro atoms. The molecule has 1 aromatic carbocycles. The van der Waals surface area contributed by atoms with Gasteiger partial charge >= 0.3 is 0 Å². The predicted octanol–water partition coefficient (Wildman–Crippen LogP) is 1.89. The van der Waals surface area contributed by atoms with Crippen molar-refractivity contribution in [3.63, 3.8) is 0 Å². The summed E-state index contributed by atoms with van der Waals surface area (Å²) in [5, 5.41) is 12.5. The van der Waals surface area contributed by atoms with Crippen LogP contribution < -0.4 is 5.32 Å². The molecule has 20 heavy (non-hydrogen) atoms. The number of piperidine rings is 1. The monoisotopic (exact) mass is 274 g/mol. The molecule has 1 saturated heterocycles. The summed E-state index contributed by atoms with van der Waals surface area (Å²) in [5.74, 6) is 0.501. The largest absolute Gasteiger partial charge is 0.396 e. The fourth-order valence-electron chi connectivity index (χ4n) is 3.11. The van der Waals surface area contributed by atoms with E-state index in [1.165, 1.54) is 11.3 Å². The number of carbonyl (C=O) groups is 1. The first-order chi connectivity index (χ1) is 9.78. The molecule has 2 aliphatic heterocycles. The van der Waals surface area contributed by atoms with E-state index in [9.17, 15) is 4.79 Å². The van der Waals surface area contributed by atoms with E-state index >= 15 is 0 Å². The minimum atomic E-state index is 0.134. The van der Waals surface area contributed by atoms with Crippen molar-refractivity contribution in [2.75, 3.05) is 31.6 Å². The molecule has 2 N–H and O–H groups in total. The number of hydrogen-bond donors (Lipinski definition) is 2. The fourth-order valence-corrected chi connectivity index (χ4v) is 3.11. The number of aryl methyl sites for hydroxylation is 1. The zero-order valence-corrected chi connectivity index (χ0v) is 11.8. The Kier molecular flexibility index (Phi) is 3.92. The summed E-state index contributed by atoms with van der Waals surface area (Å²) in [5.41, 5.74) is 3.23. The number of nitrogens with zero attached hydrogens (tertiary/aromatic N) is 1. The van der Waals surface area contributed by atoms with Gasteiger partial charge in [0, 0.05) is 37.5 Å². The van der Waals surface area contributed by atoms with Crippen molar-refractivity contribution in [1.29, 1.82) is 0 Å². The highest BCUT2D eigenvalue weighted by Gasteiger charge is 2.23. The summed E-state index contributed by atoms with van der Waals surface area (Å²) < 4.78 is 0. The number of anilines is 1. The third-order valence-electron chi connectivity index (χ3n) is 4.45.